The van der Waals surface area contributed by atoms with E-state index in [1.807, 2.05) is 31.2 Å². The summed E-state index contributed by atoms with van der Waals surface area (Å²) in [5.41, 5.74) is 7.64. The van der Waals surface area contributed by atoms with Crippen molar-refractivity contribution in [2.75, 3.05) is 5.32 Å². The van der Waals surface area contributed by atoms with E-state index in [4.69, 9.17) is 4.99 Å². The summed E-state index contributed by atoms with van der Waals surface area (Å²) < 4.78 is 0. The van der Waals surface area contributed by atoms with Crippen LogP contribution >= 0.6 is 0 Å². The predicted octanol–water partition coefficient (Wildman–Crippen LogP) is 5.43. The van der Waals surface area contributed by atoms with Crippen molar-refractivity contribution in [3.8, 4) is 0 Å². The Labute approximate surface area is 150 Å². The van der Waals surface area contributed by atoms with Crippen LogP contribution in [0, 0.1) is 33.6 Å². The molecule has 2 aromatic rings. The van der Waals surface area contributed by atoms with Crippen molar-refractivity contribution in [1.82, 2.24) is 0 Å². The maximum atomic E-state index is 12.8. The van der Waals surface area contributed by atoms with Crippen molar-refractivity contribution in [3.05, 3.63) is 58.7 Å². The molecule has 0 saturated heterocycles. The Hall–Kier alpha value is -2.42. The molecule has 1 aliphatic rings. The summed E-state index contributed by atoms with van der Waals surface area (Å²) in [5.74, 6) is -0.0601. The van der Waals surface area contributed by atoms with E-state index in [1.165, 1.54) is 16.7 Å². The van der Waals surface area contributed by atoms with Crippen LogP contribution in [0.3, 0.4) is 0 Å². The Morgan fingerprint density at radius 3 is 2.44 bits per heavy atom. The standard InChI is InChI=1S/C22H26N2O/c1-14-8-5-11-19(16(14)3)23-21-13-7-10-18(21)22(25)24-20-12-6-9-15(2)17(20)4/h5-6,8-9,11-12,18H,7,10,13H2,1-4H3,(H,24,25)/t18-/m0/s1. The summed E-state index contributed by atoms with van der Waals surface area (Å²) in [5, 5.41) is 3.11. The molecule has 3 heteroatoms. The number of benzene rings is 2. The van der Waals surface area contributed by atoms with Crippen LogP contribution in [-0.2, 0) is 4.79 Å². The number of nitrogens with one attached hydrogen (secondary N) is 1. The fourth-order valence-electron chi connectivity index (χ4n) is 3.36. The van der Waals surface area contributed by atoms with E-state index in [1.54, 1.807) is 0 Å². The van der Waals surface area contributed by atoms with E-state index >= 15 is 0 Å². The summed E-state index contributed by atoms with van der Waals surface area (Å²) >= 11 is 0. The van der Waals surface area contributed by atoms with Crippen LogP contribution in [0.2, 0.25) is 0 Å². The molecule has 2 aromatic carbocycles. The minimum absolute atomic E-state index is 0.0651. The van der Waals surface area contributed by atoms with Crippen LogP contribution in [0.25, 0.3) is 0 Å². The lowest BCUT2D eigenvalue weighted by atomic mass is 10.0. The second-order valence-electron chi connectivity index (χ2n) is 7.00. The van der Waals surface area contributed by atoms with Crippen LogP contribution in [0.15, 0.2) is 41.4 Å². The molecule has 1 amide bonds. The summed E-state index contributed by atoms with van der Waals surface area (Å²) in [4.78, 5) is 17.7. The number of carbonyl (C=O) groups is 1. The zero-order valence-corrected chi connectivity index (χ0v) is 15.5. The highest BCUT2D eigenvalue weighted by Gasteiger charge is 2.29. The Morgan fingerprint density at radius 1 is 1.00 bits per heavy atom. The summed E-state index contributed by atoms with van der Waals surface area (Å²) in [6.45, 7) is 8.30. The van der Waals surface area contributed by atoms with Crippen LogP contribution < -0.4 is 5.32 Å². The maximum absolute atomic E-state index is 12.8. The second-order valence-corrected chi connectivity index (χ2v) is 7.00. The molecule has 1 fully saturated rings. The first-order valence-electron chi connectivity index (χ1n) is 8.98. The highest BCUT2D eigenvalue weighted by atomic mass is 16.1. The SMILES string of the molecule is Cc1cccc(N=C2CCC[C@@H]2C(=O)Nc2cccc(C)c2C)c1C. The van der Waals surface area contributed by atoms with Gasteiger partial charge in [-0.2, -0.15) is 0 Å². The third-order valence-electron chi connectivity index (χ3n) is 5.35. The van der Waals surface area contributed by atoms with Crippen molar-refractivity contribution < 1.29 is 4.79 Å². The van der Waals surface area contributed by atoms with E-state index in [0.717, 1.165) is 41.9 Å². The lowest BCUT2D eigenvalue weighted by molar-refractivity contribution is -0.118. The molecule has 25 heavy (non-hydrogen) atoms. The largest absolute Gasteiger partial charge is 0.325 e. The van der Waals surface area contributed by atoms with Gasteiger partial charge in [0.2, 0.25) is 5.91 Å². The van der Waals surface area contributed by atoms with Crippen LogP contribution in [0.1, 0.15) is 41.5 Å². The first-order chi connectivity index (χ1) is 12.0. The van der Waals surface area contributed by atoms with E-state index in [9.17, 15) is 4.79 Å². The molecule has 1 N–H and O–H groups in total. The Balaban J connectivity index is 1.83. The Bertz CT molecular complexity index is 836. The second kappa shape index (κ2) is 7.22. The number of aliphatic imine (C=N–C) groups is 1. The predicted molar refractivity (Wildman–Crippen MR) is 105 cm³/mol. The number of aryl methyl sites for hydroxylation is 2. The van der Waals surface area contributed by atoms with Crippen molar-refractivity contribution in [2.24, 2.45) is 10.9 Å². The summed E-state index contributed by atoms with van der Waals surface area (Å²) in [6, 6.07) is 12.2. The smallest absolute Gasteiger partial charge is 0.233 e. The molecule has 0 spiro atoms. The average molecular weight is 334 g/mol. The Kier molecular flexibility index (Phi) is 5.03. The molecular formula is C22H26N2O. The molecule has 1 saturated carbocycles. The molecule has 0 aliphatic heterocycles. The van der Waals surface area contributed by atoms with Gasteiger partial charge < -0.3 is 5.32 Å². The summed E-state index contributed by atoms with van der Waals surface area (Å²) in [6.07, 6.45) is 2.80. The third kappa shape index (κ3) is 3.65. The van der Waals surface area contributed by atoms with E-state index in [-0.39, 0.29) is 11.8 Å². The first kappa shape index (κ1) is 17.4. The first-order valence-corrected chi connectivity index (χ1v) is 8.98. The van der Waals surface area contributed by atoms with Gasteiger partial charge in [0, 0.05) is 11.4 Å². The van der Waals surface area contributed by atoms with Gasteiger partial charge in [0.15, 0.2) is 0 Å². The van der Waals surface area contributed by atoms with Crippen LogP contribution in [0.5, 0.6) is 0 Å². The number of carbonyl (C=O) groups excluding carboxylic acids is 1. The molecule has 0 radical (unpaired) electrons. The van der Waals surface area contributed by atoms with E-state index in [0.29, 0.717) is 0 Å². The minimum atomic E-state index is -0.125. The average Bonchev–Trinajstić information content (AvgIpc) is 3.04. The van der Waals surface area contributed by atoms with Crippen molar-refractivity contribution in [1.29, 1.82) is 0 Å². The monoisotopic (exact) mass is 334 g/mol. The number of nitrogens with zero attached hydrogens (tertiary/aromatic N) is 1. The normalized spacial score (nSPS) is 18.6. The van der Waals surface area contributed by atoms with E-state index < -0.39 is 0 Å². The van der Waals surface area contributed by atoms with Crippen molar-refractivity contribution in [3.63, 3.8) is 0 Å². The molecule has 0 bridgehead atoms. The van der Waals surface area contributed by atoms with Gasteiger partial charge in [0.1, 0.15) is 0 Å². The molecule has 1 atom stereocenters. The number of rotatable bonds is 3. The van der Waals surface area contributed by atoms with Gasteiger partial charge in [-0.25, -0.2) is 0 Å². The fraction of sp³-hybridized carbons (Fsp3) is 0.364. The number of hydrogen-bond donors (Lipinski definition) is 1. The van der Waals surface area contributed by atoms with Gasteiger partial charge in [-0.15, -0.1) is 0 Å². The quantitative estimate of drug-likeness (QED) is 0.798. The van der Waals surface area contributed by atoms with E-state index in [2.05, 4.69) is 38.2 Å². The van der Waals surface area contributed by atoms with Gasteiger partial charge >= 0.3 is 0 Å². The van der Waals surface area contributed by atoms with Gasteiger partial charge in [-0.1, -0.05) is 24.3 Å². The molecule has 1 aliphatic carbocycles. The lowest BCUT2D eigenvalue weighted by Gasteiger charge is -2.15. The topological polar surface area (TPSA) is 41.5 Å². The van der Waals surface area contributed by atoms with Gasteiger partial charge in [0.05, 0.1) is 11.6 Å². The lowest BCUT2D eigenvalue weighted by Crippen LogP contribution is -2.26. The zero-order valence-electron chi connectivity index (χ0n) is 15.5. The third-order valence-corrected chi connectivity index (χ3v) is 5.35. The molecule has 3 rings (SSSR count). The van der Waals surface area contributed by atoms with Gasteiger partial charge in [-0.3, -0.25) is 9.79 Å². The summed E-state index contributed by atoms with van der Waals surface area (Å²) in [7, 11) is 0. The minimum Gasteiger partial charge on any atom is -0.325 e. The van der Waals surface area contributed by atoms with Crippen LogP contribution in [0.4, 0.5) is 11.4 Å². The number of amides is 1. The molecule has 0 unspecified atom stereocenters. The Morgan fingerprint density at radius 2 is 1.68 bits per heavy atom. The number of hydrogen-bond acceptors (Lipinski definition) is 2. The maximum Gasteiger partial charge on any atom is 0.233 e. The molecule has 130 valence electrons. The van der Waals surface area contributed by atoms with Gasteiger partial charge in [-0.05, 0) is 81.3 Å². The molecule has 0 heterocycles. The van der Waals surface area contributed by atoms with Crippen molar-refractivity contribution in [2.45, 2.75) is 47.0 Å². The highest BCUT2D eigenvalue weighted by molar-refractivity contribution is 6.11. The van der Waals surface area contributed by atoms with Crippen LogP contribution in [-0.4, -0.2) is 11.6 Å². The molecular weight excluding hydrogens is 308 g/mol. The molecule has 3 nitrogen and oxygen atoms in total. The fourth-order valence-corrected chi connectivity index (χ4v) is 3.36. The highest BCUT2D eigenvalue weighted by Crippen LogP contribution is 2.30. The van der Waals surface area contributed by atoms with Crippen molar-refractivity contribution >= 4 is 23.0 Å². The number of anilines is 1. The van der Waals surface area contributed by atoms with Gasteiger partial charge in [0.25, 0.3) is 0 Å². The molecule has 0 aromatic heterocycles. The zero-order chi connectivity index (χ0) is 18.0.